The third-order valence-corrected chi connectivity index (χ3v) is 4.88. The van der Waals surface area contributed by atoms with Crippen LogP contribution in [-0.2, 0) is 0 Å². The molecule has 0 saturated heterocycles. The summed E-state index contributed by atoms with van der Waals surface area (Å²) in [5.74, 6) is 2.52. The van der Waals surface area contributed by atoms with Crippen LogP contribution in [0.15, 0.2) is 102 Å². The number of fused-ring (bicyclic) bond motifs is 1. The van der Waals surface area contributed by atoms with E-state index in [1.165, 1.54) is 0 Å². The standard InChI is InChI=1S/C26H18N2O3/c29-17-22-11-13-26(31-22)18-6-12-23-24(14-15-27-25(23)16-18)28-19-7-9-21(10-8-19)30-20-4-2-1-3-5-20/h1-17H,(H,27,28). The van der Waals surface area contributed by atoms with E-state index in [0.717, 1.165) is 39.3 Å². The number of hydrogen-bond acceptors (Lipinski definition) is 5. The first kappa shape index (κ1) is 18.6. The maximum Gasteiger partial charge on any atom is 0.185 e. The Bertz CT molecular complexity index is 1340. The van der Waals surface area contributed by atoms with Crippen LogP contribution in [0.2, 0.25) is 0 Å². The number of para-hydroxylation sites is 1. The summed E-state index contributed by atoms with van der Waals surface area (Å²) in [6, 6.07) is 28.8. The van der Waals surface area contributed by atoms with Gasteiger partial charge in [-0.2, -0.15) is 0 Å². The van der Waals surface area contributed by atoms with E-state index in [-0.39, 0.29) is 0 Å². The van der Waals surface area contributed by atoms with Gasteiger partial charge in [-0.25, -0.2) is 0 Å². The molecule has 0 radical (unpaired) electrons. The van der Waals surface area contributed by atoms with Gasteiger partial charge in [-0.05, 0) is 66.7 Å². The number of aldehydes is 1. The summed E-state index contributed by atoms with van der Waals surface area (Å²) in [7, 11) is 0. The van der Waals surface area contributed by atoms with Gasteiger partial charge in [-0.15, -0.1) is 0 Å². The van der Waals surface area contributed by atoms with Gasteiger partial charge in [0.15, 0.2) is 12.0 Å². The van der Waals surface area contributed by atoms with E-state index in [0.29, 0.717) is 17.8 Å². The molecule has 0 aliphatic heterocycles. The Morgan fingerprint density at radius 1 is 0.839 bits per heavy atom. The maximum atomic E-state index is 10.9. The summed E-state index contributed by atoms with van der Waals surface area (Å²) in [5, 5.41) is 4.43. The SMILES string of the molecule is O=Cc1ccc(-c2ccc3c(Nc4ccc(Oc5ccccc5)cc4)ccnc3c2)o1. The average Bonchev–Trinajstić information content (AvgIpc) is 3.30. The zero-order chi connectivity index (χ0) is 21.0. The number of rotatable bonds is 6. The minimum absolute atomic E-state index is 0.304. The van der Waals surface area contributed by atoms with E-state index < -0.39 is 0 Å². The van der Waals surface area contributed by atoms with Crippen molar-refractivity contribution < 1.29 is 13.9 Å². The number of aromatic nitrogens is 1. The largest absolute Gasteiger partial charge is 0.457 e. The first-order valence-corrected chi connectivity index (χ1v) is 9.83. The molecule has 0 aliphatic carbocycles. The van der Waals surface area contributed by atoms with Crippen molar-refractivity contribution in [3.8, 4) is 22.8 Å². The molecule has 0 fully saturated rings. The molecule has 2 aromatic heterocycles. The highest BCUT2D eigenvalue weighted by molar-refractivity contribution is 5.95. The predicted molar refractivity (Wildman–Crippen MR) is 121 cm³/mol. The Morgan fingerprint density at radius 3 is 2.42 bits per heavy atom. The molecule has 0 spiro atoms. The molecular weight excluding hydrogens is 388 g/mol. The monoisotopic (exact) mass is 406 g/mol. The number of carbonyl (C=O) groups excluding carboxylic acids is 1. The van der Waals surface area contributed by atoms with Crippen molar-refractivity contribution in [2.75, 3.05) is 5.32 Å². The molecule has 5 nitrogen and oxygen atoms in total. The van der Waals surface area contributed by atoms with E-state index in [1.54, 1.807) is 18.3 Å². The molecule has 5 aromatic rings. The van der Waals surface area contributed by atoms with Gasteiger partial charge in [0.1, 0.15) is 17.3 Å². The summed E-state index contributed by atoms with van der Waals surface area (Å²) < 4.78 is 11.4. The molecule has 0 amide bonds. The van der Waals surface area contributed by atoms with Crippen molar-refractivity contribution in [2.45, 2.75) is 0 Å². The molecule has 31 heavy (non-hydrogen) atoms. The molecule has 1 N–H and O–H groups in total. The topological polar surface area (TPSA) is 64.4 Å². The fourth-order valence-corrected chi connectivity index (χ4v) is 3.37. The number of ether oxygens (including phenoxy) is 1. The van der Waals surface area contributed by atoms with Crippen LogP contribution >= 0.6 is 0 Å². The van der Waals surface area contributed by atoms with E-state index in [1.807, 2.05) is 78.9 Å². The smallest absolute Gasteiger partial charge is 0.185 e. The lowest BCUT2D eigenvalue weighted by atomic mass is 10.1. The van der Waals surface area contributed by atoms with Crippen molar-refractivity contribution in [3.05, 3.63) is 103 Å². The molecule has 5 heteroatoms. The molecule has 0 atom stereocenters. The lowest BCUT2D eigenvalue weighted by Crippen LogP contribution is -1.93. The van der Waals surface area contributed by atoms with Crippen LogP contribution in [0.5, 0.6) is 11.5 Å². The average molecular weight is 406 g/mol. The number of hydrogen-bond donors (Lipinski definition) is 1. The van der Waals surface area contributed by atoms with Crippen molar-refractivity contribution in [3.63, 3.8) is 0 Å². The number of furan rings is 1. The number of anilines is 2. The van der Waals surface area contributed by atoms with Gasteiger partial charge in [-0.1, -0.05) is 24.3 Å². The second-order valence-corrected chi connectivity index (χ2v) is 6.97. The van der Waals surface area contributed by atoms with E-state index >= 15 is 0 Å². The summed E-state index contributed by atoms with van der Waals surface area (Å²) in [5.41, 5.74) is 3.59. The summed E-state index contributed by atoms with van der Waals surface area (Å²) in [6.07, 6.45) is 2.46. The van der Waals surface area contributed by atoms with E-state index in [9.17, 15) is 4.79 Å². The second-order valence-electron chi connectivity index (χ2n) is 6.97. The Labute approximate surface area is 178 Å². The van der Waals surface area contributed by atoms with Crippen molar-refractivity contribution >= 4 is 28.6 Å². The van der Waals surface area contributed by atoms with Crippen LogP contribution in [0.25, 0.3) is 22.2 Å². The fourth-order valence-electron chi connectivity index (χ4n) is 3.37. The minimum Gasteiger partial charge on any atom is -0.457 e. The molecule has 5 rings (SSSR count). The van der Waals surface area contributed by atoms with E-state index in [4.69, 9.17) is 9.15 Å². The van der Waals surface area contributed by atoms with Crippen LogP contribution in [0.3, 0.4) is 0 Å². The Kier molecular flexibility index (Phi) is 4.91. The minimum atomic E-state index is 0.304. The van der Waals surface area contributed by atoms with Crippen molar-refractivity contribution in [1.82, 2.24) is 4.98 Å². The lowest BCUT2D eigenvalue weighted by molar-refractivity contribution is 0.110. The molecule has 2 heterocycles. The van der Waals surface area contributed by atoms with Crippen LogP contribution in [-0.4, -0.2) is 11.3 Å². The van der Waals surface area contributed by atoms with Gasteiger partial charge in [0, 0.05) is 28.5 Å². The molecule has 3 aromatic carbocycles. The van der Waals surface area contributed by atoms with Crippen LogP contribution in [0.1, 0.15) is 10.6 Å². The van der Waals surface area contributed by atoms with Crippen LogP contribution < -0.4 is 10.1 Å². The van der Waals surface area contributed by atoms with E-state index in [2.05, 4.69) is 10.3 Å². The predicted octanol–water partition coefficient (Wildman–Crippen LogP) is 6.84. The number of nitrogens with one attached hydrogen (secondary N) is 1. The Morgan fingerprint density at radius 2 is 1.65 bits per heavy atom. The highest BCUT2D eigenvalue weighted by Gasteiger charge is 2.08. The number of pyridine rings is 1. The fraction of sp³-hybridized carbons (Fsp3) is 0. The van der Waals surface area contributed by atoms with Crippen molar-refractivity contribution in [2.24, 2.45) is 0 Å². The summed E-state index contributed by atoms with van der Waals surface area (Å²) in [4.78, 5) is 15.4. The normalized spacial score (nSPS) is 10.7. The molecule has 0 unspecified atom stereocenters. The van der Waals surface area contributed by atoms with Crippen molar-refractivity contribution in [1.29, 1.82) is 0 Å². The molecular formula is C26H18N2O3. The third-order valence-electron chi connectivity index (χ3n) is 4.88. The Balaban J connectivity index is 1.38. The van der Waals surface area contributed by atoms with Gasteiger partial charge in [0.05, 0.1) is 5.52 Å². The quantitative estimate of drug-likeness (QED) is 0.313. The number of benzene rings is 3. The number of carbonyl (C=O) groups is 1. The van der Waals surface area contributed by atoms with Gasteiger partial charge in [0.25, 0.3) is 0 Å². The zero-order valence-electron chi connectivity index (χ0n) is 16.5. The third kappa shape index (κ3) is 4.02. The molecule has 0 saturated carbocycles. The lowest BCUT2D eigenvalue weighted by Gasteiger charge is -2.11. The van der Waals surface area contributed by atoms with Gasteiger partial charge in [-0.3, -0.25) is 9.78 Å². The summed E-state index contributed by atoms with van der Waals surface area (Å²) >= 11 is 0. The molecule has 0 bridgehead atoms. The molecule has 150 valence electrons. The highest BCUT2D eigenvalue weighted by Crippen LogP contribution is 2.31. The summed E-state index contributed by atoms with van der Waals surface area (Å²) in [6.45, 7) is 0. The first-order chi connectivity index (χ1) is 15.3. The Hall–Kier alpha value is -4.38. The van der Waals surface area contributed by atoms with Crippen LogP contribution in [0.4, 0.5) is 11.4 Å². The first-order valence-electron chi connectivity index (χ1n) is 9.83. The van der Waals surface area contributed by atoms with Gasteiger partial charge >= 0.3 is 0 Å². The molecule has 0 aliphatic rings. The highest BCUT2D eigenvalue weighted by atomic mass is 16.5. The van der Waals surface area contributed by atoms with Gasteiger partial charge < -0.3 is 14.5 Å². The van der Waals surface area contributed by atoms with Crippen LogP contribution in [0, 0.1) is 0 Å². The second kappa shape index (κ2) is 8.16. The number of nitrogens with zero attached hydrogens (tertiary/aromatic N) is 1. The zero-order valence-corrected chi connectivity index (χ0v) is 16.5. The van der Waals surface area contributed by atoms with Gasteiger partial charge in [0.2, 0.25) is 0 Å². The maximum absolute atomic E-state index is 10.9.